The van der Waals surface area contributed by atoms with Gasteiger partial charge in [0.2, 0.25) is 0 Å². The van der Waals surface area contributed by atoms with Crippen molar-refractivity contribution in [1.82, 2.24) is 0 Å². The zero-order chi connectivity index (χ0) is 20.6. The number of rotatable bonds is 5. The van der Waals surface area contributed by atoms with Gasteiger partial charge in [0, 0.05) is 5.56 Å². The Bertz CT molecular complexity index is 1040. The highest BCUT2D eigenvalue weighted by atomic mass is 16.5. The van der Waals surface area contributed by atoms with Crippen molar-refractivity contribution < 1.29 is 19.4 Å². The van der Waals surface area contributed by atoms with Crippen LogP contribution in [-0.4, -0.2) is 25.2 Å². The van der Waals surface area contributed by atoms with E-state index >= 15 is 0 Å². The van der Waals surface area contributed by atoms with E-state index in [2.05, 4.69) is 0 Å². The third-order valence-corrected chi connectivity index (χ3v) is 5.40. The van der Waals surface area contributed by atoms with Crippen LogP contribution in [0.5, 0.6) is 11.5 Å². The monoisotopic (exact) mass is 389 g/mol. The van der Waals surface area contributed by atoms with E-state index in [0.29, 0.717) is 12.1 Å². The summed E-state index contributed by atoms with van der Waals surface area (Å²) in [4.78, 5) is 14.6. The molecule has 3 aromatic carbocycles. The molecule has 0 radical (unpaired) electrons. The third-order valence-electron chi connectivity index (χ3n) is 5.40. The molecule has 1 atom stereocenters. The van der Waals surface area contributed by atoms with Gasteiger partial charge in [0.15, 0.2) is 5.60 Å². The fourth-order valence-corrected chi connectivity index (χ4v) is 3.68. The van der Waals surface area contributed by atoms with Crippen molar-refractivity contribution >= 4 is 11.6 Å². The number of fused-ring (bicyclic) bond motifs is 1. The van der Waals surface area contributed by atoms with Gasteiger partial charge in [-0.1, -0.05) is 30.3 Å². The van der Waals surface area contributed by atoms with Crippen molar-refractivity contribution in [3.8, 4) is 22.6 Å². The van der Waals surface area contributed by atoms with Crippen LogP contribution >= 0.6 is 0 Å². The van der Waals surface area contributed by atoms with Gasteiger partial charge in [0.05, 0.1) is 26.5 Å². The van der Waals surface area contributed by atoms with Gasteiger partial charge in [-0.25, -0.2) is 0 Å². The maximum Gasteiger partial charge on any atom is 0.263 e. The van der Waals surface area contributed by atoms with E-state index in [-0.39, 0.29) is 5.91 Å². The molecule has 0 bridgehead atoms. The standard InChI is InChI=1S/C24H23NO4/c1-24(27)21-14-18(17-6-11-20(29-3)12-7-17)8-13-22(21)25(23(24)26)15-16-4-9-19(28-2)10-5-16/h4-14,27H,15H2,1-3H3. The van der Waals surface area contributed by atoms with Crippen molar-refractivity contribution in [2.75, 3.05) is 19.1 Å². The summed E-state index contributed by atoms with van der Waals surface area (Å²) in [6.45, 7) is 1.94. The van der Waals surface area contributed by atoms with Gasteiger partial charge in [0.25, 0.3) is 5.91 Å². The molecule has 0 saturated heterocycles. The maximum absolute atomic E-state index is 13.0. The zero-order valence-corrected chi connectivity index (χ0v) is 16.7. The predicted octanol–water partition coefficient (Wildman–Crippen LogP) is 4.13. The smallest absolute Gasteiger partial charge is 0.263 e. The highest BCUT2D eigenvalue weighted by Gasteiger charge is 2.46. The summed E-state index contributed by atoms with van der Waals surface area (Å²) in [6.07, 6.45) is 0. The molecular formula is C24H23NO4. The molecule has 0 aromatic heterocycles. The van der Waals surface area contributed by atoms with Gasteiger partial charge in [-0.2, -0.15) is 0 Å². The molecular weight excluding hydrogens is 366 g/mol. The number of carbonyl (C=O) groups excluding carboxylic acids is 1. The molecule has 1 aliphatic rings. The molecule has 0 spiro atoms. The lowest BCUT2D eigenvalue weighted by Gasteiger charge is -2.19. The van der Waals surface area contributed by atoms with E-state index in [1.54, 1.807) is 26.0 Å². The Hall–Kier alpha value is -3.31. The molecule has 4 rings (SSSR count). The van der Waals surface area contributed by atoms with E-state index in [1.807, 2.05) is 66.7 Å². The summed E-state index contributed by atoms with van der Waals surface area (Å²) in [6, 6.07) is 21.0. The van der Waals surface area contributed by atoms with Crippen molar-refractivity contribution in [2.24, 2.45) is 0 Å². The number of anilines is 1. The van der Waals surface area contributed by atoms with E-state index in [4.69, 9.17) is 9.47 Å². The quantitative estimate of drug-likeness (QED) is 0.713. The Labute approximate surface area is 170 Å². The van der Waals surface area contributed by atoms with Crippen LogP contribution < -0.4 is 14.4 Å². The van der Waals surface area contributed by atoms with Crippen LogP contribution in [0.15, 0.2) is 66.7 Å². The van der Waals surface area contributed by atoms with Crippen LogP contribution in [0, 0.1) is 0 Å². The molecule has 0 fully saturated rings. The second-order valence-electron chi connectivity index (χ2n) is 7.27. The van der Waals surface area contributed by atoms with Gasteiger partial charge in [-0.05, 0) is 60.0 Å². The van der Waals surface area contributed by atoms with Gasteiger partial charge in [-0.3, -0.25) is 4.79 Å². The van der Waals surface area contributed by atoms with Crippen LogP contribution in [0.3, 0.4) is 0 Å². The molecule has 1 heterocycles. The first kappa shape index (κ1) is 19.0. The Morgan fingerprint density at radius 3 is 2.00 bits per heavy atom. The molecule has 5 heteroatoms. The number of methoxy groups -OCH3 is 2. The van der Waals surface area contributed by atoms with Crippen LogP contribution in [0.25, 0.3) is 11.1 Å². The van der Waals surface area contributed by atoms with Gasteiger partial charge < -0.3 is 19.5 Å². The fraction of sp³-hybridized carbons (Fsp3) is 0.208. The van der Waals surface area contributed by atoms with Crippen LogP contribution in [0.1, 0.15) is 18.1 Å². The van der Waals surface area contributed by atoms with Crippen molar-refractivity contribution in [1.29, 1.82) is 0 Å². The second kappa shape index (κ2) is 7.26. The molecule has 148 valence electrons. The number of nitrogens with zero attached hydrogens (tertiary/aromatic N) is 1. The number of aliphatic hydroxyl groups is 1. The number of carbonyl (C=O) groups is 1. The number of amides is 1. The second-order valence-corrected chi connectivity index (χ2v) is 7.27. The molecule has 0 aliphatic carbocycles. The van der Waals surface area contributed by atoms with E-state index in [1.165, 1.54) is 0 Å². The SMILES string of the molecule is COc1ccc(CN2C(=O)C(C)(O)c3cc(-c4ccc(OC)cc4)ccc32)cc1. The van der Waals surface area contributed by atoms with Crippen LogP contribution in [0.4, 0.5) is 5.69 Å². The summed E-state index contributed by atoms with van der Waals surface area (Å²) < 4.78 is 10.4. The number of ether oxygens (including phenoxy) is 2. The summed E-state index contributed by atoms with van der Waals surface area (Å²) in [7, 11) is 3.25. The molecule has 5 nitrogen and oxygen atoms in total. The van der Waals surface area contributed by atoms with E-state index in [0.717, 1.165) is 33.9 Å². The summed E-state index contributed by atoms with van der Waals surface area (Å²) in [5.41, 5.74) is 2.67. The minimum Gasteiger partial charge on any atom is -0.497 e. The first-order chi connectivity index (χ1) is 13.9. The summed E-state index contributed by atoms with van der Waals surface area (Å²) >= 11 is 0. The Morgan fingerprint density at radius 2 is 1.41 bits per heavy atom. The fourth-order valence-electron chi connectivity index (χ4n) is 3.68. The maximum atomic E-state index is 13.0. The first-order valence-electron chi connectivity index (χ1n) is 9.40. The number of hydrogen-bond acceptors (Lipinski definition) is 4. The lowest BCUT2D eigenvalue weighted by molar-refractivity contribution is -0.134. The lowest BCUT2D eigenvalue weighted by Crippen LogP contribution is -2.37. The highest BCUT2D eigenvalue weighted by Crippen LogP contribution is 2.43. The largest absolute Gasteiger partial charge is 0.497 e. The summed E-state index contributed by atoms with van der Waals surface area (Å²) in [5.74, 6) is 1.22. The Kier molecular flexibility index (Phi) is 4.76. The predicted molar refractivity (Wildman–Crippen MR) is 112 cm³/mol. The number of hydrogen-bond donors (Lipinski definition) is 1. The normalized spacial score (nSPS) is 17.9. The first-order valence-corrected chi connectivity index (χ1v) is 9.40. The summed E-state index contributed by atoms with van der Waals surface area (Å²) in [5, 5.41) is 11.0. The molecule has 1 unspecified atom stereocenters. The minimum absolute atomic E-state index is 0.324. The molecule has 0 saturated carbocycles. The van der Waals surface area contributed by atoms with E-state index in [9.17, 15) is 9.90 Å². The molecule has 1 amide bonds. The van der Waals surface area contributed by atoms with Crippen molar-refractivity contribution in [3.63, 3.8) is 0 Å². The third kappa shape index (κ3) is 3.34. The van der Waals surface area contributed by atoms with E-state index < -0.39 is 5.60 Å². The molecule has 1 N–H and O–H groups in total. The number of benzene rings is 3. The van der Waals surface area contributed by atoms with Crippen LogP contribution in [-0.2, 0) is 16.9 Å². The lowest BCUT2D eigenvalue weighted by atomic mass is 9.94. The van der Waals surface area contributed by atoms with Crippen LogP contribution in [0.2, 0.25) is 0 Å². The Morgan fingerprint density at radius 1 is 0.862 bits per heavy atom. The minimum atomic E-state index is -1.57. The topological polar surface area (TPSA) is 59.0 Å². The van der Waals surface area contributed by atoms with Gasteiger partial charge in [0.1, 0.15) is 11.5 Å². The van der Waals surface area contributed by atoms with Gasteiger partial charge in [-0.15, -0.1) is 0 Å². The van der Waals surface area contributed by atoms with Crippen molar-refractivity contribution in [2.45, 2.75) is 19.1 Å². The molecule has 3 aromatic rings. The Balaban J connectivity index is 1.68. The molecule has 1 aliphatic heterocycles. The van der Waals surface area contributed by atoms with Crippen molar-refractivity contribution in [3.05, 3.63) is 77.9 Å². The average molecular weight is 389 g/mol. The zero-order valence-electron chi connectivity index (χ0n) is 16.7. The average Bonchev–Trinajstić information content (AvgIpc) is 2.94. The molecule has 29 heavy (non-hydrogen) atoms. The highest BCUT2D eigenvalue weighted by molar-refractivity contribution is 6.07. The van der Waals surface area contributed by atoms with Gasteiger partial charge >= 0.3 is 0 Å².